The number of aromatic nitrogens is 3. The number of anilines is 1. The Labute approximate surface area is 154 Å². The lowest BCUT2D eigenvalue weighted by Crippen LogP contribution is -2.34. The minimum Gasteiger partial charge on any atom is -0.383 e. The molecule has 2 aromatic heterocycles. The number of hydrogen-bond donors (Lipinski definition) is 2. The average molecular weight is 347 g/mol. The normalized spacial score (nSPS) is 18.1. The third kappa shape index (κ3) is 3.78. The van der Waals surface area contributed by atoms with Gasteiger partial charge in [0.1, 0.15) is 5.82 Å². The van der Waals surface area contributed by atoms with Gasteiger partial charge in [-0.1, -0.05) is 36.4 Å². The van der Waals surface area contributed by atoms with Gasteiger partial charge in [-0.3, -0.25) is 10.00 Å². The van der Waals surface area contributed by atoms with Gasteiger partial charge in [-0.15, -0.1) is 0 Å². The van der Waals surface area contributed by atoms with Crippen molar-refractivity contribution in [1.29, 1.82) is 0 Å². The molecule has 5 heteroatoms. The molecule has 0 saturated carbocycles. The maximum atomic E-state index is 6.02. The molecule has 1 aliphatic heterocycles. The topological polar surface area (TPSA) is 70.8 Å². The number of nitrogen functional groups attached to an aromatic ring is 1. The van der Waals surface area contributed by atoms with Crippen LogP contribution in [-0.4, -0.2) is 33.2 Å². The number of nitrogens with one attached hydrogen (secondary N) is 1. The number of benzene rings is 1. The lowest BCUT2D eigenvalue weighted by atomic mass is 9.90. The highest BCUT2D eigenvalue weighted by atomic mass is 15.2. The number of pyridine rings is 1. The first-order valence-corrected chi connectivity index (χ1v) is 9.27. The Morgan fingerprint density at radius 2 is 2.00 bits per heavy atom. The summed E-state index contributed by atoms with van der Waals surface area (Å²) in [4.78, 5) is 6.69. The van der Waals surface area contributed by atoms with E-state index in [9.17, 15) is 0 Å². The van der Waals surface area contributed by atoms with E-state index in [4.69, 9.17) is 5.73 Å². The van der Waals surface area contributed by atoms with Crippen molar-refractivity contribution < 1.29 is 0 Å². The Morgan fingerprint density at radius 1 is 1.12 bits per heavy atom. The second-order valence-electron chi connectivity index (χ2n) is 7.09. The molecule has 0 aliphatic carbocycles. The van der Waals surface area contributed by atoms with Crippen molar-refractivity contribution in [3.63, 3.8) is 0 Å². The molecule has 0 radical (unpaired) electrons. The fourth-order valence-corrected chi connectivity index (χ4v) is 3.89. The van der Waals surface area contributed by atoms with Gasteiger partial charge in [-0.25, -0.2) is 4.98 Å². The Bertz CT molecular complexity index is 842. The second kappa shape index (κ2) is 7.70. The molecule has 0 amide bonds. The molecule has 5 nitrogen and oxygen atoms in total. The highest BCUT2D eigenvalue weighted by molar-refractivity contribution is 5.38. The van der Waals surface area contributed by atoms with E-state index in [2.05, 4.69) is 56.5 Å². The van der Waals surface area contributed by atoms with Crippen molar-refractivity contribution in [2.75, 3.05) is 18.8 Å². The van der Waals surface area contributed by atoms with Crippen LogP contribution in [0.2, 0.25) is 0 Å². The van der Waals surface area contributed by atoms with Crippen LogP contribution in [0.3, 0.4) is 0 Å². The van der Waals surface area contributed by atoms with E-state index in [0.717, 1.165) is 31.6 Å². The number of aromatic amines is 1. The van der Waals surface area contributed by atoms with Crippen molar-refractivity contribution in [1.82, 2.24) is 20.1 Å². The van der Waals surface area contributed by atoms with Crippen LogP contribution in [0.15, 0.2) is 54.9 Å². The van der Waals surface area contributed by atoms with E-state index in [0.29, 0.717) is 11.7 Å². The number of piperidine rings is 1. The van der Waals surface area contributed by atoms with Gasteiger partial charge in [0.25, 0.3) is 0 Å². The highest BCUT2D eigenvalue weighted by Gasteiger charge is 2.25. The molecule has 1 aromatic carbocycles. The summed E-state index contributed by atoms with van der Waals surface area (Å²) in [6, 6.07) is 14.6. The molecule has 0 spiro atoms. The Hall–Kier alpha value is -2.66. The minimum atomic E-state index is 0.489. The maximum Gasteiger partial charge on any atom is 0.127 e. The van der Waals surface area contributed by atoms with Crippen LogP contribution >= 0.6 is 0 Å². The van der Waals surface area contributed by atoms with Crippen molar-refractivity contribution in [2.24, 2.45) is 0 Å². The zero-order valence-electron chi connectivity index (χ0n) is 14.9. The maximum absolute atomic E-state index is 6.02. The monoisotopic (exact) mass is 347 g/mol. The van der Waals surface area contributed by atoms with Crippen molar-refractivity contribution in [3.05, 3.63) is 77.2 Å². The van der Waals surface area contributed by atoms with Crippen molar-refractivity contribution >= 4 is 5.82 Å². The van der Waals surface area contributed by atoms with E-state index in [1.54, 1.807) is 6.20 Å². The number of nitrogens with zero attached hydrogens (tertiary/aromatic N) is 3. The predicted octanol–water partition coefficient (Wildman–Crippen LogP) is 3.36. The second-order valence-corrected chi connectivity index (χ2v) is 7.09. The van der Waals surface area contributed by atoms with Gasteiger partial charge < -0.3 is 5.73 Å². The number of nitrogens with two attached hydrogens (primary N) is 1. The van der Waals surface area contributed by atoms with E-state index < -0.39 is 0 Å². The van der Waals surface area contributed by atoms with Crippen LogP contribution < -0.4 is 5.73 Å². The fraction of sp³-hybridized carbons (Fsp3) is 0.333. The largest absolute Gasteiger partial charge is 0.383 e. The summed E-state index contributed by atoms with van der Waals surface area (Å²) in [6.45, 7) is 2.99. The van der Waals surface area contributed by atoms with E-state index in [-0.39, 0.29) is 0 Å². The quantitative estimate of drug-likeness (QED) is 0.742. The summed E-state index contributed by atoms with van der Waals surface area (Å²) in [5.74, 6) is 1.13. The summed E-state index contributed by atoms with van der Waals surface area (Å²) in [5, 5.41) is 7.62. The van der Waals surface area contributed by atoms with Crippen molar-refractivity contribution in [3.8, 4) is 0 Å². The molecule has 1 saturated heterocycles. The molecule has 3 heterocycles. The molecule has 4 rings (SSSR count). The molecule has 1 aliphatic rings. The molecule has 26 heavy (non-hydrogen) atoms. The van der Waals surface area contributed by atoms with Gasteiger partial charge in [-0.2, -0.15) is 5.10 Å². The Balaban J connectivity index is 1.47. The lowest BCUT2D eigenvalue weighted by Gasteiger charge is -2.32. The first-order chi connectivity index (χ1) is 12.8. The minimum absolute atomic E-state index is 0.489. The van der Waals surface area contributed by atoms with E-state index in [1.165, 1.54) is 29.7 Å². The molecule has 0 unspecified atom stereocenters. The van der Waals surface area contributed by atoms with Gasteiger partial charge in [-0.05, 0) is 36.6 Å². The molecule has 1 fully saturated rings. The lowest BCUT2D eigenvalue weighted by molar-refractivity contribution is 0.198. The molecular weight excluding hydrogens is 322 g/mol. The smallest absolute Gasteiger partial charge is 0.127 e. The van der Waals surface area contributed by atoms with Crippen LogP contribution in [-0.2, 0) is 13.0 Å². The van der Waals surface area contributed by atoms with Gasteiger partial charge in [0, 0.05) is 42.9 Å². The van der Waals surface area contributed by atoms with Crippen LogP contribution in [0, 0.1) is 0 Å². The summed E-state index contributed by atoms with van der Waals surface area (Å²) >= 11 is 0. The van der Waals surface area contributed by atoms with Gasteiger partial charge in [0.05, 0.1) is 6.20 Å². The molecule has 0 bridgehead atoms. The first-order valence-electron chi connectivity index (χ1n) is 9.27. The number of rotatable bonds is 5. The standard InChI is InChI=1S/C21H25N5/c22-21-18(8-4-10-23-21)15-26-11-5-9-17(14-26)20-19(13-24-25-20)12-16-6-2-1-3-7-16/h1-4,6-8,10,13,17H,5,9,11-12,14-15H2,(H2,22,23)(H,24,25)/t17-/m1/s1. The summed E-state index contributed by atoms with van der Waals surface area (Å²) < 4.78 is 0. The van der Waals surface area contributed by atoms with Gasteiger partial charge >= 0.3 is 0 Å². The molecule has 134 valence electrons. The molecule has 1 atom stereocenters. The molecule has 3 aromatic rings. The van der Waals surface area contributed by atoms with Gasteiger partial charge in [0.2, 0.25) is 0 Å². The Morgan fingerprint density at radius 3 is 2.85 bits per heavy atom. The third-order valence-corrected chi connectivity index (χ3v) is 5.22. The number of H-pyrrole nitrogens is 1. The predicted molar refractivity (Wildman–Crippen MR) is 104 cm³/mol. The SMILES string of the molecule is Nc1ncccc1CN1CCC[C@@H](c2[nH]ncc2Cc2ccccc2)C1. The number of hydrogen-bond acceptors (Lipinski definition) is 4. The van der Waals surface area contributed by atoms with Gasteiger partial charge in [0.15, 0.2) is 0 Å². The fourth-order valence-electron chi connectivity index (χ4n) is 3.89. The molecular formula is C21H25N5. The summed E-state index contributed by atoms with van der Waals surface area (Å²) in [6.07, 6.45) is 7.05. The summed E-state index contributed by atoms with van der Waals surface area (Å²) in [7, 11) is 0. The zero-order chi connectivity index (χ0) is 17.8. The van der Waals surface area contributed by atoms with Crippen LogP contribution in [0.5, 0.6) is 0 Å². The van der Waals surface area contributed by atoms with E-state index in [1.807, 2.05) is 12.3 Å². The van der Waals surface area contributed by atoms with Crippen LogP contribution in [0.1, 0.15) is 41.1 Å². The Kier molecular flexibility index (Phi) is 4.97. The zero-order valence-corrected chi connectivity index (χ0v) is 14.9. The van der Waals surface area contributed by atoms with Crippen molar-refractivity contribution in [2.45, 2.75) is 31.7 Å². The third-order valence-electron chi connectivity index (χ3n) is 5.22. The average Bonchev–Trinajstić information content (AvgIpc) is 3.13. The first kappa shape index (κ1) is 16.8. The van der Waals surface area contributed by atoms with E-state index >= 15 is 0 Å². The highest BCUT2D eigenvalue weighted by Crippen LogP contribution is 2.30. The molecule has 3 N–H and O–H groups in total. The number of likely N-dealkylation sites (tertiary alicyclic amines) is 1. The summed E-state index contributed by atoms with van der Waals surface area (Å²) in [5.41, 5.74) is 11.1. The van der Waals surface area contributed by atoms with Crippen LogP contribution in [0.4, 0.5) is 5.82 Å². The van der Waals surface area contributed by atoms with Crippen LogP contribution in [0.25, 0.3) is 0 Å².